The molecule has 140 valence electrons. The maximum absolute atomic E-state index is 12.4. The standard InChI is InChI=1S/C19H22N6O2/c1-13(18-24-21-11-25(18)16-7-2-3-8-16)22-19(26)23-15-6-4-5-14(9-15)17-10-20-12-27-17/h4-6,9-13,16H,2-3,7-8H2,1H3,(H2,22,23,26)/t13-/m0/s1. The number of amides is 2. The lowest BCUT2D eigenvalue weighted by molar-refractivity contribution is 0.248. The van der Waals surface area contributed by atoms with Gasteiger partial charge < -0.3 is 19.6 Å². The monoisotopic (exact) mass is 366 g/mol. The van der Waals surface area contributed by atoms with Gasteiger partial charge in [0.2, 0.25) is 0 Å². The van der Waals surface area contributed by atoms with Crippen molar-refractivity contribution < 1.29 is 9.21 Å². The fourth-order valence-corrected chi connectivity index (χ4v) is 3.56. The summed E-state index contributed by atoms with van der Waals surface area (Å²) in [4.78, 5) is 16.3. The molecular weight excluding hydrogens is 344 g/mol. The van der Waals surface area contributed by atoms with E-state index in [1.165, 1.54) is 19.2 Å². The predicted molar refractivity (Wildman–Crippen MR) is 100 cm³/mol. The molecule has 2 heterocycles. The Kier molecular flexibility index (Phi) is 4.86. The third kappa shape index (κ3) is 3.84. The molecule has 1 aromatic carbocycles. The molecule has 1 fully saturated rings. The molecule has 0 aliphatic heterocycles. The first-order valence-corrected chi connectivity index (χ1v) is 9.16. The number of rotatable bonds is 5. The molecule has 8 heteroatoms. The molecule has 0 radical (unpaired) electrons. The van der Waals surface area contributed by atoms with Gasteiger partial charge in [-0.3, -0.25) is 0 Å². The number of aromatic nitrogens is 4. The summed E-state index contributed by atoms with van der Waals surface area (Å²) in [6.07, 6.45) is 9.51. The third-order valence-electron chi connectivity index (χ3n) is 4.89. The van der Waals surface area contributed by atoms with Crippen LogP contribution in [0.15, 0.2) is 47.6 Å². The van der Waals surface area contributed by atoms with Crippen LogP contribution in [0.25, 0.3) is 11.3 Å². The molecule has 4 rings (SSSR count). The molecular formula is C19H22N6O2. The van der Waals surface area contributed by atoms with Gasteiger partial charge in [-0.1, -0.05) is 25.0 Å². The van der Waals surface area contributed by atoms with Gasteiger partial charge in [0, 0.05) is 17.3 Å². The molecule has 2 aromatic heterocycles. The lowest BCUT2D eigenvalue weighted by Crippen LogP contribution is -2.32. The topological polar surface area (TPSA) is 97.9 Å². The molecule has 1 aliphatic rings. The van der Waals surface area contributed by atoms with Crippen molar-refractivity contribution in [2.45, 2.75) is 44.7 Å². The van der Waals surface area contributed by atoms with Crippen LogP contribution in [0.3, 0.4) is 0 Å². The number of nitrogens with one attached hydrogen (secondary N) is 2. The number of nitrogens with zero attached hydrogens (tertiary/aromatic N) is 4. The van der Waals surface area contributed by atoms with Crippen LogP contribution in [-0.4, -0.2) is 25.8 Å². The number of anilines is 1. The number of urea groups is 1. The summed E-state index contributed by atoms with van der Waals surface area (Å²) in [5, 5.41) is 14.1. The molecule has 1 saturated carbocycles. The Labute approximate surface area is 157 Å². The average Bonchev–Trinajstić information content (AvgIpc) is 3.43. The minimum absolute atomic E-state index is 0.245. The number of hydrogen-bond acceptors (Lipinski definition) is 5. The van der Waals surface area contributed by atoms with Crippen LogP contribution >= 0.6 is 0 Å². The van der Waals surface area contributed by atoms with Crippen molar-refractivity contribution in [3.05, 3.63) is 49.0 Å². The van der Waals surface area contributed by atoms with Crippen LogP contribution in [0.4, 0.5) is 10.5 Å². The molecule has 3 aromatic rings. The van der Waals surface area contributed by atoms with E-state index in [1.54, 1.807) is 12.5 Å². The Bertz CT molecular complexity index is 899. The van der Waals surface area contributed by atoms with Gasteiger partial charge in [-0.25, -0.2) is 9.78 Å². The van der Waals surface area contributed by atoms with Gasteiger partial charge in [0.05, 0.1) is 12.2 Å². The molecule has 27 heavy (non-hydrogen) atoms. The molecule has 1 atom stereocenters. The fraction of sp³-hybridized carbons (Fsp3) is 0.368. The van der Waals surface area contributed by atoms with E-state index < -0.39 is 0 Å². The molecule has 0 unspecified atom stereocenters. The Morgan fingerprint density at radius 3 is 2.96 bits per heavy atom. The van der Waals surface area contributed by atoms with Crippen LogP contribution < -0.4 is 10.6 Å². The van der Waals surface area contributed by atoms with Crippen molar-refractivity contribution in [3.63, 3.8) is 0 Å². The van der Waals surface area contributed by atoms with E-state index in [9.17, 15) is 4.79 Å². The largest absolute Gasteiger partial charge is 0.444 e. The Hall–Kier alpha value is -3.16. The van der Waals surface area contributed by atoms with E-state index in [2.05, 4.69) is 30.4 Å². The second-order valence-electron chi connectivity index (χ2n) is 6.80. The second kappa shape index (κ2) is 7.61. The van der Waals surface area contributed by atoms with Gasteiger partial charge in [0.15, 0.2) is 18.0 Å². The van der Waals surface area contributed by atoms with E-state index >= 15 is 0 Å². The predicted octanol–water partition coefficient (Wildman–Crippen LogP) is 3.93. The van der Waals surface area contributed by atoms with Crippen LogP contribution in [0.1, 0.15) is 50.5 Å². The molecule has 0 spiro atoms. The highest BCUT2D eigenvalue weighted by Crippen LogP contribution is 2.31. The van der Waals surface area contributed by atoms with Gasteiger partial charge in [-0.15, -0.1) is 10.2 Å². The minimum atomic E-state index is -0.293. The average molecular weight is 366 g/mol. The first-order chi connectivity index (χ1) is 13.2. The normalized spacial score (nSPS) is 15.6. The van der Waals surface area contributed by atoms with Crippen LogP contribution in [0, 0.1) is 0 Å². The lowest BCUT2D eigenvalue weighted by Gasteiger charge is -2.19. The van der Waals surface area contributed by atoms with Crippen molar-refractivity contribution in [3.8, 4) is 11.3 Å². The number of oxazole rings is 1. The maximum atomic E-state index is 12.4. The van der Waals surface area contributed by atoms with Crippen LogP contribution in [-0.2, 0) is 0 Å². The Morgan fingerprint density at radius 1 is 1.33 bits per heavy atom. The summed E-state index contributed by atoms with van der Waals surface area (Å²) in [7, 11) is 0. The molecule has 0 saturated heterocycles. The molecule has 8 nitrogen and oxygen atoms in total. The highest BCUT2D eigenvalue weighted by molar-refractivity contribution is 5.90. The quantitative estimate of drug-likeness (QED) is 0.713. The number of carbonyl (C=O) groups excluding carboxylic acids is 1. The van der Waals surface area contributed by atoms with Gasteiger partial charge >= 0.3 is 6.03 Å². The molecule has 2 amide bonds. The first-order valence-electron chi connectivity index (χ1n) is 9.16. The summed E-state index contributed by atoms with van der Waals surface area (Å²) in [6.45, 7) is 1.92. The van der Waals surface area contributed by atoms with Crippen LogP contribution in [0.5, 0.6) is 0 Å². The Balaban J connectivity index is 1.41. The van der Waals surface area contributed by atoms with Crippen molar-refractivity contribution in [2.24, 2.45) is 0 Å². The summed E-state index contributed by atoms with van der Waals surface area (Å²) in [5.74, 6) is 1.43. The lowest BCUT2D eigenvalue weighted by atomic mass is 10.1. The maximum Gasteiger partial charge on any atom is 0.319 e. The van der Waals surface area contributed by atoms with Crippen LogP contribution in [0.2, 0.25) is 0 Å². The van der Waals surface area contributed by atoms with Gasteiger partial charge in [-0.05, 0) is 31.9 Å². The zero-order valence-corrected chi connectivity index (χ0v) is 15.1. The van der Waals surface area contributed by atoms with E-state index in [4.69, 9.17) is 4.42 Å². The van der Waals surface area contributed by atoms with Crippen molar-refractivity contribution in [1.82, 2.24) is 25.1 Å². The summed E-state index contributed by atoms with van der Waals surface area (Å²) in [5.41, 5.74) is 1.52. The third-order valence-corrected chi connectivity index (χ3v) is 4.89. The number of benzene rings is 1. The van der Waals surface area contributed by atoms with E-state index in [1.807, 2.05) is 31.2 Å². The van der Waals surface area contributed by atoms with Gasteiger partial charge in [-0.2, -0.15) is 0 Å². The smallest absolute Gasteiger partial charge is 0.319 e. The summed E-state index contributed by atoms with van der Waals surface area (Å²) < 4.78 is 7.40. The highest BCUT2D eigenvalue weighted by atomic mass is 16.3. The molecule has 2 N–H and O–H groups in total. The highest BCUT2D eigenvalue weighted by Gasteiger charge is 2.23. The first kappa shape index (κ1) is 17.3. The zero-order valence-electron chi connectivity index (χ0n) is 15.1. The fourth-order valence-electron chi connectivity index (χ4n) is 3.56. The van der Waals surface area contributed by atoms with Gasteiger partial charge in [0.25, 0.3) is 0 Å². The SMILES string of the molecule is C[C@H](NC(=O)Nc1cccc(-c2cnco2)c1)c1nncn1C1CCCC1. The van der Waals surface area contributed by atoms with E-state index in [0.717, 1.165) is 24.2 Å². The number of hydrogen-bond donors (Lipinski definition) is 2. The van der Waals surface area contributed by atoms with Crippen molar-refractivity contribution in [2.75, 3.05) is 5.32 Å². The molecule has 1 aliphatic carbocycles. The minimum Gasteiger partial charge on any atom is -0.444 e. The zero-order chi connectivity index (χ0) is 18.6. The van der Waals surface area contributed by atoms with Gasteiger partial charge in [0.1, 0.15) is 6.33 Å². The van der Waals surface area contributed by atoms with E-state index in [0.29, 0.717) is 17.5 Å². The number of carbonyl (C=O) groups is 1. The van der Waals surface area contributed by atoms with E-state index in [-0.39, 0.29) is 12.1 Å². The van der Waals surface area contributed by atoms with Crippen molar-refractivity contribution in [1.29, 1.82) is 0 Å². The Morgan fingerprint density at radius 2 is 2.19 bits per heavy atom. The molecule has 0 bridgehead atoms. The van der Waals surface area contributed by atoms with Crippen molar-refractivity contribution >= 4 is 11.7 Å². The summed E-state index contributed by atoms with van der Waals surface area (Å²) >= 11 is 0. The second-order valence-corrected chi connectivity index (χ2v) is 6.80. The summed E-state index contributed by atoms with van der Waals surface area (Å²) in [6, 6.07) is 7.31.